The molecule has 1 aromatic carbocycles. The van der Waals surface area contributed by atoms with Gasteiger partial charge in [-0.25, -0.2) is 9.50 Å². The predicted molar refractivity (Wildman–Crippen MR) is 133 cm³/mol. The SMILES string of the molecule is Cc1cc(-c2cnc3c(NCC4CCCO4)cc(-c4ccnn4C)nn23)ccc1C(=O)NC1CC1. The number of carbonyl (C=O) groups is 1. The van der Waals surface area contributed by atoms with Crippen molar-refractivity contribution in [1.82, 2.24) is 29.7 Å². The zero-order valence-corrected chi connectivity index (χ0v) is 20.0. The van der Waals surface area contributed by atoms with E-state index in [4.69, 9.17) is 14.8 Å². The van der Waals surface area contributed by atoms with Crippen LogP contribution in [0.4, 0.5) is 5.69 Å². The summed E-state index contributed by atoms with van der Waals surface area (Å²) in [5.41, 5.74) is 6.80. The average Bonchev–Trinajstić information content (AvgIpc) is 3.22. The van der Waals surface area contributed by atoms with E-state index < -0.39 is 0 Å². The Bertz CT molecular complexity index is 1400. The van der Waals surface area contributed by atoms with Gasteiger partial charge < -0.3 is 15.4 Å². The second-order valence-corrected chi connectivity index (χ2v) is 9.46. The number of aryl methyl sites for hydroxylation is 2. The van der Waals surface area contributed by atoms with Crippen molar-refractivity contribution in [3.63, 3.8) is 0 Å². The molecule has 1 unspecified atom stereocenters. The minimum Gasteiger partial charge on any atom is -0.379 e. The summed E-state index contributed by atoms with van der Waals surface area (Å²) in [5, 5.41) is 15.9. The molecule has 4 aromatic rings. The zero-order chi connectivity index (χ0) is 23.9. The Morgan fingerprint density at radius 2 is 2.06 bits per heavy atom. The van der Waals surface area contributed by atoms with Gasteiger partial charge in [-0.15, -0.1) is 0 Å². The number of carbonyl (C=O) groups excluding carboxylic acids is 1. The molecule has 1 atom stereocenters. The van der Waals surface area contributed by atoms with Gasteiger partial charge in [0.25, 0.3) is 5.91 Å². The third-order valence-corrected chi connectivity index (χ3v) is 6.77. The van der Waals surface area contributed by atoms with Crippen molar-refractivity contribution in [3.8, 4) is 22.6 Å². The van der Waals surface area contributed by atoms with Crippen LogP contribution in [-0.2, 0) is 11.8 Å². The zero-order valence-electron chi connectivity index (χ0n) is 20.0. The summed E-state index contributed by atoms with van der Waals surface area (Å²) >= 11 is 0. The van der Waals surface area contributed by atoms with Crippen molar-refractivity contribution in [2.45, 2.75) is 44.8 Å². The predicted octanol–water partition coefficient (Wildman–Crippen LogP) is 3.59. The fourth-order valence-electron chi connectivity index (χ4n) is 4.64. The molecule has 180 valence electrons. The van der Waals surface area contributed by atoms with Crippen LogP contribution in [0.1, 0.15) is 41.6 Å². The lowest BCUT2D eigenvalue weighted by Crippen LogP contribution is -2.26. The van der Waals surface area contributed by atoms with Crippen LogP contribution in [0.5, 0.6) is 0 Å². The van der Waals surface area contributed by atoms with Crippen molar-refractivity contribution in [1.29, 1.82) is 0 Å². The number of hydrogen-bond donors (Lipinski definition) is 2. The Hall–Kier alpha value is -3.72. The third kappa shape index (κ3) is 4.27. The van der Waals surface area contributed by atoms with Crippen LogP contribution < -0.4 is 10.6 Å². The Labute approximate surface area is 203 Å². The van der Waals surface area contributed by atoms with Gasteiger partial charge in [0, 0.05) is 43.6 Å². The number of nitrogens with zero attached hydrogens (tertiary/aromatic N) is 5. The van der Waals surface area contributed by atoms with Crippen LogP contribution in [0.3, 0.4) is 0 Å². The molecule has 0 bridgehead atoms. The number of fused-ring (bicyclic) bond motifs is 1. The van der Waals surface area contributed by atoms with Gasteiger partial charge in [-0.1, -0.05) is 6.07 Å². The standard InChI is InChI=1S/C26H29N7O2/c1-16-12-17(5-8-20(16)26(34)30-18-6-7-18)24-15-28-25-22(27-14-19-4-3-11-35-19)13-21(31-33(24)25)23-9-10-29-32(23)2/h5,8-10,12-13,15,18-19,27H,3-4,6-7,11,14H2,1-2H3,(H,30,34). The largest absolute Gasteiger partial charge is 0.379 e. The molecule has 4 heterocycles. The van der Waals surface area contributed by atoms with Crippen molar-refractivity contribution in [2.75, 3.05) is 18.5 Å². The molecule has 1 aliphatic carbocycles. The summed E-state index contributed by atoms with van der Waals surface area (Å²) in [7, 11) is 1.91. The van der Waals surface area contributed by atoms with E-state index >= 15 is 0 Å². The van der Waals surface area contributed by atoms with E-state index in [1.54, 1.807) is 6.20 Å². The second kappa shape index (κ2) is 8.81. The van der Waals surface area contributed by atoms with Crippen molar-refractivity contribution in [2.24, 2.45) is 7.05 Å². The molecule has 1 saturated carbocycles. The minimum atomic E-state index is -0.00747. The van der Waals surface area contributed by atoms with E-state index in [1.807, 2.05) is 59.7 Å². The molecule has 9 heteroatoms. The minimum absolute atomic E-state index is 0.00747. The van der Waals surface area contributed by atoms with Crippen molar-refractivity contribution in [3.05, 3.63) is 53.9 Å². The lowest BCUT2D eigenvalue weighted by molar-refractivity contribution is 0.0950. The molecular weight excluding hydrogens is 442 g/mol. The lowest BCUT2D eigenvalue weighted by Gasteiger charge is -2.14. The molecule has 3 aromatic heterocycles. The van der Waals surface area contributed by atoms with Crippen LogP contribution >= 0.6 is 0 Å². The summed E-state index contributed by atoms with van der Waals surface area (Å²) in [6.07, 6.45) is 8.10. The summed E-state index contributed by atoms with van der Waals surface area (Å²) in [6.45, 7) is 3.51. The number of ether oxygens (including phenoxy) is 1. The van der Waals surface area contributed by atoms with Crippen LogP contribution in [-0.4, -0.2) is 55.6 Å². The molecule has 2 N–H and O–H groups in total. The van der Waals surface area contributed by atoms with Gasteiger partial charge in [-0.05, 0) is 62.4 Å². The highest BCUT2D eigenvalue weighted by Gasteiger charge is 2.25. The highest BCUT2D eigenvalue weighted by molar-refractivity contribution is 5.96. The van der Waals surface area contributed by atoms with Crippen molar-refractivity contribution < 1.29 is 9.53 Å². The fraction of sp³-hybridized carbons (Fsp3) is 0.385. The first-order chi connectivity index (χ1) is 17.1. The van der Waals surface area contributed by atoms with E-state index in [9.17, 15) is 4.79 Å². The number of rotatable bonds is 7. The molecule has 0 radical (unpaired) electrons. The molecule has 2 aliphatic rings. The summed E-state index contributed by atoms with van der Waals surface area (Å²) in [6, 6.07) is 10.2. The summed E-state index contributed by atoms with van der Waals surface area (Å²) < 4.78 is 9.49. The quantitative estimate of drug-likeness (QED) is 0.428. The molecule has 35 heavy (non-hydrogen) atoms. The molecule has 1 saturated heterocycles. The maximum atomic E-state index is 12.6. The first-order valence-electron chi connectivity index (χ1n) is 12.2. The number of imidazole rings is 1. The van der Waals surface area contributed by atoms with E-state index in [1.165, 1.54) is 0 Å². The number of aromatic nitrogens is 5. The smallest absolute Gasteiger partial charge is 0.251 e. The lowest BCUT2D eigenvalue weighted by atomic mass is 10.0. The maximum absolute atomic E-state index is 12.6. The van der Waals surface area contributed by atoms with Gasteiger partial charge in [0.05, 0.1) is 29.4 Å². The summed E-state index contributed by atoms with van der Waals surface area (Å²) in [4.78, 5) is 17.3. The average molecular weight is 472 g/mol. The molecule has 1 aliphatic heterocycles. The van der Waals surface area contributed by atoms with Gasteiger partial charge >= 0.3 is 0 Å². The molecule has 9 nitrogen and oxygen atoms in total. The van der Waals surface area contributed by atoms with Gasteiger partial charge in [0.2, 0.25) is 0 Å². The van der Waals surface area contributed by atoms with E-state index in [-0.39, 0.29) is 12.0 Å². The number of nitrogens with one attached hydrogen (secondary N) is 2. The molecule has 2 fully saturated rings. The Morgan fingerprint density at radius 1 is 1.17 bits per heavy atom. The normalized spacial score (nSPS) is 17.7. The van der Waals surface area contributed by atoms with Gasteiger partial charge in [0.15, 0.2) is 5.65 Å². The highest BCUT2D eigenvalue weighted by Crippen LogP contribution is 2.29. The van der Waals surface area contributed by atoms with Crippen LogP contribution in [0.25, 0.3) is 28.3 Å². The van der Waals surface area contributed by atoms with Crippen LogP contribution in [0, 0.1) is 6.92 Å². The van der Waals surface area contributed by atoms with Crippen LogP contribution in [0.15, 0.2) is 42.7 Å². The Kier molecular flexibility index (Phi) is 5.49. The maximum Gasteiger partial charge on any atom is 0.251 e. The Balaban J connectivity index is 1.39. The number of anilines is 1. The molecular formula is C26H29N7O2. The molecule has 0 spiro atoms. The topological polar surface area (TPSA) is 98.4 Å². The monoisotopic (exact) mass is 471 g/mol. The number of hydrogen-bond acceptors (Lipinski definition) is 6. The third-order valence-electron chi connectivity index (χ3n) is 6.77. The van der Waals surface area contributed by atoms with Crippen LogP contribution in [0.2, 0.25) is 0 Å². The Morgan fingerprint density at radius 3 is 2.77 bits per heavy atom. The van der Waals surface area contributed by atoms with Gasteiger partial charge in [-0.3, -0.25) is 9.48 Å². The highest BCUT2D eigenvalue weighted by atomic mass is 16.5. The number of benzene rings is 1. The van der Waals surface area contributed by atoms with E-state index in [0.717, 1.165) is 78.4 Å². The van der Waals surface area contributed by atoms with Crippen molar-refractivity contribution >= 4 is 17.2 Å². The summed E-state index contributed by atoms with van der Waals surface area (Å²) in [5.74, 6) is -0.00747. The van der Waals surface area contributed by atoms with Gasteiger partial charge in [0.1, 0.15) is 5.69 Å². The first-order valence-corrected chi connectivity index (χ1v) is 12.2. The molecule has 1 amide bonds. The number of amides is 1. The van der Waals surface area contributed by atoms with Gasteiger partial charge in [-0.2, -0.15) is 10.2 Å². The fourth-order valence-corrected chi connectivity index (χ4v) is 4.64. The van der Waals surface area contributed by atoms with E-state index in [0.29, 0.717) is 11.6 Å². The first kappa shape index (κ1) is 21.8. The van der Waals surface area contributed by atoms with E-state index in [2.05, 4.69) is 15.7 Å². The molecule has 6 rings (SSSR count). The second-order valence-electron chi connectivity index (χ2n) is 9.46.